The van der Waals surface area contributed by atoms with Crippen LogP contribution in [-0.4, -0.2) is 77.1 Å². The Morgan fingerprint density at radius 1 is 0.852 bits per heavy atom. The van der Waals surface area contributed by atoms with Crippen LogP contribution in [0.4, 0.5) is 27.9 Å². The number of aliphatic hydroxyl groups excluding tert-OH is 2. The average Bonchev–Trinajstić information content (AvgIpc) is 3.74. The molecule has 1 aliphatic heterocycles. The van der Waals surface area contributed by atoms with E-state index in [0.717, 1.165) is 33.3 Å². The first kappa shape index (κ1) is 36.0. The molecule has 3 aromatic heterocycles. The third kappa shape index (κ3) is 7.99. The van der Waals surface area contributed by atoms with Crippen LogP contribution in [0, 0.1) is 6.92 Å². The van der Waals surface area contributed by atoms with Crippen molar-refractivity contribution in [1.29, 1.82) is 0 Å². The van der Waals surface area contributed by atoms with Crippen molar-refractivity contribution in [3.8, 4) is 11.4 Å². The lowest BCUT2D eigenvalue weighted by Crippen LogP contribution is -2.30. The van der Waals surface area contributed by atoms with E-state index in [1.165, 1.54) is 17.3 Å². The molecule has 14 heteroatoms. The molecule has 0 saturated carbocycles. The molecule has 0 bridgehead atoms. The number of anilines is 4. The summed E-state index contributed by atoms with van der Waals surface area (Å²) in [5.41, 5.74) is 4.16. The second kappa shape index (κ2) is 14.9. The van der Waals surface area contributed by atoms with Crippen LogP contribution in [0.2, 0.25) is 0 Å². The van der Waals surface area contributed by atoms with E-state index in [2.05, 4.69) is 51.7 Å². The number of β-amino-alcohol motifs (C(OH)–C–C–N with tert-alkyl or cyclic N) is 2. The topological polar surface area (TPSA) is 180 Å². The Hall–Kier alpha value is -6.38. The van der Waals surface area contributed by atoms with E-state index >= 15 is 0 Å². The third-order valence-corrected chi connectivity index (χ3v) is 9.02. The maximum atomic E-state index is 13.5. The summed E-state index contributed by atoms with van der Waals surface area (Å²) in [5, 5.41) is 35.1. The number of pyridine rings is 1. The van der Waals surface area contributed by atoms with Crippen molar-refractivity contribution in [2.24, 2.45) is 0 Å². The fourth-order valence-corrected chi connectivity index (χ4v) is 6.02. The standard InChI is InChI=1S/C40H41N9O5/c1-24-9-11-26(12-10-24)49-37(18-34(47-49)40(2,3)4)46-39(53)44-29-13-14-33(28-8-6-5-7-27(28)29)54-23-25-15-16-41-35(17-25)45-36-20-42-30(19-43-36)38(52)48-21-31(50)32(51)22-48/h5-20,31-32,50-51H,21-23H2,1-4H3,(H,41,43,45)(H2,44,46,53)/t31-,32-/m0/s1. The molecule has 0 spiro atoms. The summed E-state index contributed by atoms with van der Waals surface area (Å²) in [6.07, 6.45) is 2.45. The van der Waals surface area contributed by atoms with E-state index in [1.807, 2.05) is 85.8 Å². The first-order valence-corrected chi connectivity index (χ1v) is 17.5. The number of ether oxygens (including phenoxy) is 1. The van der Waals surface area contributed by atoms with Gasteiger partial charge in [0.2, 0.25) is 0 Å². The number of carbonyl (C=O) groups excluding carboxylic acids is 2. The van der Waals surface area contributed by atoms with Crippen molar-refractivity contribution in [3.05, 3.63) is 120 Å². The monoisotopic (exact) mass is 727 g/mol. The molecule has 1 saturated heterocycles. The van der Waals surface area contributed by atoms with Crippen LogP contribution in [0.1, 0.15) is 48.1 Å². The van der Waals surface area contributed by atoms with Gasteiger partial charge in [-0.3, -0.25) is 10.1 Å². The van der Waals surface area contributed by atoms with Crippen molar-refractivity contribution >= 4 is 45.9 Å². The van der Waals surface area contributed by atoms with Gasteiger partial charge in [0.25, 0.3) is 5.91 Å². The number of nitrogens with zero attached hydrogens (tertiary/aromatic N) is 6. The van der Waals surface area contributed by atoms with E-state index in [1.54, 1.807) is 10.9 Å². The molecule has 1 fully saturated rings. The highest BCUT2D eigenvalue weighted by atomic mass is 16.5. The summed E-state index contributed by atoms with van der Waals surface area (Å²) in [5.74, 6) is 1.66. The van der Waals surface area contributed by atoms with Crippen LogP contribution in [-0.2, 0) is 12.0 Å². The Balaban J connectivity index is 1.01. The van der Waals surface area contributed by atoms with Crippen LogP contribution in [0.15, 0.2) is 97.5 Å². The van der Waals surface area contributed by atoms with Gasteiger partial charge < -0.3 is 30.5 Å². The van der Waals surface area contributed by atoms with Crippen LogP contribution in [0.3, 0.4) is 0 Å². The van der Waals surface area contributed by atoms with Crippen molar-refractivity contribution in [2.45, 2.75) is 51.9 Å². The number of urea groups is 1. The summed E-state index contributed by atoms with van der Waals surface area (Å²) in [6.45, 7) is 8.58. The zero-order chi connectivity index (χ0) is 38.0. The average molecular weight is 728 g/mol. The summed E-state index contributed by atoms with van der Waals surface area (Å²) < 4.78 is 8.03. The van der Waals surface area contributed by atoms with Crippen molar-refractivity contribution in [1.82, 2.24) is 29.6 Å². The summed E-state index contributed by atoms with van der Waals surface area (Å²) >= 11 is 0. The molecular weight excluding hydrogens is 686 g/mol. The molecule has 14 nitrogen and oxygen atoms in total. The number of fused-ring (bicyclic) bond motifs is 1. The number of nitrogens with one attached hydrogen (secondary N) is 3. The van der Waals surface area contributed by atoms with Crippen LogP contribution >= 0.6 is 0 Å². The molecular formula is C40H41N9O5. The Morgan fingerprint density at radius 2 is 1.59 bits per heavy atom. The number of hydrogen-bond donors (Lipinski definition) is 5. The van der Waals surface area contributed by atoms with Crippen LogP contribution in [0.25, 0.3) is 16.5 Å². The highest BCUT2D eigenvalue weighted by Crippen LogP contribution is 2.33. The second-order valence-electron chi connectivity index (χ2n) is 14.2. The molecule has 3 amide bonds. The molecule has 0 aliphatic carbocycles. The van der Waals surface area contributed by atoms with Gasteiger partial charge in [-0.1, -0.05) is 62.7 Å². The first-order chi connectivity index (χ1) is 25.9. The predicted octanol–water partition coefficient (Wildman–Crippen LogP) is 5.96. The van der Waals surface area contributed by atoms with Gasteiger partial charge in [0.1, 0.15) is 35.5 Å². The molecule has 54 heavy (non-hydrogen) atoms. The first-order valence-electron chi connectivity index (χ1n) is 17.5. The molecule has 2 atom stereocenters. The van der Waals surface area contributed by atoms with Gasteiger partial charge >= 0.3 is 6.03 Å². The zero-order valence-corrected chi connectivity index (χ0v) is 30.3. The Kier molecular flexibility index (Phi) is 9.95. The van der Waals surface area contributed by atoms with Gasteiger partial charge in [0.05, 0.1) is 41.7 Å². The fraction of sp³-hybridized carbons (Fsp3) is 0.250. The number of rotatable bonds is 9. The van der Waals surface area contributed by atoms with Gasteiger partial charge in [-0.2, -0.15) is 5.10 Å². The molecule has 0 radical (unpaired) electrons. The van der Waals surface area contributed by atoms with Gasteiger partial charge in [0.15, 0.2) is 0 Å². The van der Waals surface area contributed by atoms with Crippen molar-refractivity contribution in [3.63, 3.8) is 0 Å². The van der Waals surface area contributed by atoms with Crippen LogP contribution < -0.4 is 20.7 Å². The van der Waals surface area contributed by atoms with Gasteiger partial charge in [-0.15, -0.1) is 0 Å². The van der Waals surface area contributed by atoms with Crippen LogP contribution in [0.5, 0.6) is 5.75 Å². The summed E-state index contributed by atoms with van der Waals surface area (Å²) in [6, 6.07) is 24.5. The Morgan fingerprint density at radius 3 is 2.30 bits per heavy atom. The predicted molar refractivity (Wildman–Crippen MR) is 205 cm³/mol. The lowest BCUT2D eigenvalue weighted by molar-refractivity contribution is 0.0572. The number of benzene rings is 3. The maximum absolute atomic E-state index is 13.5. The molecule has 7 rings (SSSR count). The lowest BCUT2D eigenvalue weighted by atomic mass is 9.92. The molecule has 3 aromatic carbocycles. The highest BCUT2D eigenvalue weighted by molar-refractivity contribution is 6.07. The van der Waals surface area contributed by atoms with E-state index < -0.39 is 24.1 Å². The molecule has 4 heterocycles. The number of aryl methyl sites for hydroxylation is 1. The van der Waals surface area contributed by atoms with E-state index in [4.69, 9.17) is 9.84 Å². The second-order valence-corrected chi connectivity index (χ2v) is 14.2. The largest absolute Gasteiger partial charge is 0.488 e. The van der Waals surface area contributed by atoms with Crippen molar-refractivity contribution in [2.75, 3.05) is 29.0 Å². The SMILES string of the molecule is Cc1ccc(-n2nc(C(C)(C)C)cc2NC(=O)Nc2ccc(OCc3ccnc(Nc4cnc(C(=O)N5C[C@H](O)[C@@H](O)C5)cn4)c3)c3ccccc23)cc1. The Labute approximate surface area is 311 Å². The number of hydrogen-bond acceptors (Lipinski definition) is 10. The minimum absolute atomic E-state index is 0.0379. The normalized spacial score (nSPS) is 15.6. The Bertz CT molecular complexity index is 2290. The molecule has 6 aromatic rings. The van der Waals surface area contributed by atoms with E-state index in [-0.39, 0.29) is 30.8 Å². The lowest BCUT2D eigenvalue weighted by Gasteiger charge is -2.15. The quantitative estimate of drug-likeness (QED) is 0.119. The number of aromatic nitrogens is 5. The fourth-order valence-electron chi connectivity index (χ4n) is 6.02. The number of likely N-dealkylation sites (tertiary alicyclic amines) is 1. The number of amides is 3. The molecule has 0 unspecified atom stereocenters. The molecule has 5 N–H and O–H groups in total. The third-order valence-electron chi connectivity index (χ3n) is 9.02. The molecule has 1 aliphatic rings. The number of carbonyl (C=O) groups is 2. The summed E-state index contributed by atoms with van der Waals surface area (Å²) in [4.78, 5) is 40.3. The summed E-state index contributed by atoms with van der Waals surface area (Å²) in [7, 11) is 0. The van der Waals surface area contributed by atoms with Gasteiger partial charge in [-0.05, 0) is 48.9 Å². The minimum atomic E-state index is -0.978. The van der Waals surface area contributed by atoms with Crippen molar-refractivity contribution < 1.29 is 24.5 Å². The van der Waals surface area contributed by atoms with E-state index in [0.29, 0.717) is 28.9 Å². The zero-order valence-electron chi connectivity index (χ0n) is 30.3. The number of aliphatic hydroxyl groups is 2. The van der Waals surface area contributed by atoms with Gasteiger partial charge in [-0.25, -0.2) is 24.4 Å². The van der Waals surface area contributed by atoms with Gasteiger partial charge in [0, 0.05) is 41.5 Å². The highest BCUT2D eigenvalue weighted by Gasteiger charge is 2.33. The molecule has 276 valence electrons. The maximum Gasteiger partial charge on any atom is 0.324 e. The smallest absolute Gasteiger partial charge is 0.324 e. The minimum Gasteiger partial charge on any atom is -0.488 e. The van der Waals surface area contributed by atoms with E-state index in [9.17, 15) is 19.8 Å².